The van der Waals surface area contributed by atoms with Crippen molar-refractivity contribution < 1.29 is 4.74 Å². The molecule has 1 N–H and O–H groups in total. The molecular weight excluding hydrogens is 198 g/mol. The lowest BCUT2D eigenvalue weighted by Crippen LogP contribution is -2.40. The average Bonchev–Trinajstić information content (AvgIpc) is 2.77. The fourth-order valence-electron chi connectivity index (χ4n) is 2.46. The second kappa shape index (κ2) is 7.70. The topological polar surface area (TPSA) is 21.3 Å². The smallest absolute Gasteiger partial charge is 0.0616 e. The van der Waals surface area contributed by atoms with E-state index in [-0.39, 0.29) is 0 Å². The van der Waals surface area contributed by atoms with Gasteiger partial charge >= 0.3 is 0 Å². The van der Waals surface area contributed by atoms with Crippen molar-refractivity contribution in [2.75, 3.05) is 13.2 Å². The Balaban J connectivity index is 2.53. The number of hydrogen-bond donors (Lipinski definition) is 1. The first-order valence-electron chi connectivity index (χ1n) is 6.58. The van der Waals surface area contributed by atoms with Gasteiger partial charge in [-0.25, -0.2) is 0 Å². The molecule has 3 atom stereocenters. The van der Waals surface area contributed by atoms with Gasteiger partial charge in [0.15, 0.2) is 0 Å². The first-order valence-corrected chi connectivity index (χ1v) is 6.58. The highest BCUT2D eigenvalue weighted by molar-refractivity contribution is 5.01. The minimum absolute atomic E-state index is 0.438. The van der Waals surface area contributed by atoms with Gasteiger partial charge in [0, 0.05) is 25.0 Å². The molecule has 1 aliphatic heterocycles. The molecule has 0 aromatic heterocycles. The maximum Gasteiger partial charge on any atom is 0.0616 e. The summed E-state index contributed by atoms with van der Waals surface area (Å²) < 4.78 is 5.77. The Kier molecular flexibility index (Phi) is 6.52. The molecule has 0 spiro atoms. The lowest BCUT2D eigenvalue weighted by molar-refractivity contribution is 0.0780. The van der Waals surface area contributed by atoms with Gasteiger partial charge in [0.2, 0.25) is 0 Å². The maximum absolute atomic E-state index is 5.77. The summed E-state index contributed by atoms with van der Waals surface area (Å²) in [6, 6.07) is 0.514. The van der Waals surface area contributed by atoms with Crippen molar-refractivity contribution in [3.05, 3.63) is 0 Å². The zero-order chi connectivity index (χ0) is 11.8. The molecule has 2 heteroatoms. The average molecular weight is 223 g/mol. The summed E-state index contributed by atoms with van der Waals surface area (Å²) >= 11 is 0. The van der Waals surface area contributed by atoms with Crippen LogP contribution in [0.15, 0.2) is 0 Å². The van der Waals surface area contributed by atoms with Crippen LogP contribution < -0.4 is 5.32 Å². The highest BCUT2D eigenvalue weighted by Crippen LogP contribution is 2.27. The lowest BCUT2D eigenvalue weighted by atomic mass is 9.89. The molecule has 1 heterocycles. The standard InChI is InChI=1S/C14H25NO/c1-4-7-8-13(15-10-5-2)12-9-11-16-14(12)6-3/h12-15H,5-6,8-11H2,1-3H3. The number of ether oxygens (including phenoxy) is 1. The van der Waals surface area contributed by atoms with Crippen LogP contribution in [-0.2, 0) is 4.74 Å². The van der Waals surface area contributed by atoms with Gasteiger partial charge in [-0.2, -0.15) is 0 Å². The number of rotatable bonds is 6. The van der Waals surface area contributed by atoms with Crippen LogP contribution in [0.3, 0.4) is 0 Å². The normalized spacial score (nSPS) is 26.2. The van der Waals surface area contributed by atoms with Crippen LogP contribution in [0.5, 0.6) is 0 Å². The number of hydrogen-bond acceptors (Lipinski definition) is 2. The quantitative estimate of drug-likeness (QED) is 0.699. The van der Waals surface area contributed by atoms with Crippen LogP contribution >= 0.6 is 0 Å². The molecule has 1 saturated heterocycles. The Morgan fingerprint density at radius 1 is 1.44 bits per heavy atom. The van der Waals surface area contributed by atoms with E-state index >= 15 is 0 Å². The van der Waals surface area contributed by atoms with E-state index in [0.29, 0.717) is 18.1 Å². The van der Waals surface area contributed by atoms with Crippen LogP contribution in [-0.4, -0.2) is 25.3 Å². The van der Waals surface area contributed by atoms with E-state index in [1.54, 1.807) is 0 Å². The Bertz CT molecular complexity index is 241. The summed E-state index contributed by atoms with van der Waals surface area (Å²) in [6.07, 6.45) is 4.88. The lowest BCUT2D eigenvalue weighted by Gasteiger charge is -2.26. The Morgan fingerprint density at radius 2 is 2.25 bits per heavy atom. The van der Waals surface area contributed by atoms with E-state index in [4.69, 9.17) is 4.74 Å². The Hall–Kier alpha value is -0.520. The molecule has 0 amide bonds. The predicted molar refractivity (Wildman–Crippen MR) is 68.3 cm³/mol. The van der Waals surface area contributed by atoms with E-state index in [2.05, 4.69) is 31.0 Å². The molecular formula is C14H25NO. The van der Waals surface area contributed by atoms with Crippen LogP contribution in [0.4, 0.5) is 0 Å². The van der Waals surface area contributed by atoms with Crippen molar-refractivity contribution in [3.8, 4) is 11.8 Å². The maximum atomic E-state index is 5.77. The zero-order valence-electron chi connectivity index (χ0n) is 10.9. The molecule has 92 valence electrons. The number of nitrogens with one attached hydrogen (secondary N) is 1. The molecule has 0 saturated carbocycles. The minimum atomic E-state index is 0.438. The van der Waals surface area contributed by atoms with Crippen LogP contribution in [0.1, 0.15) is 46.5 Å². The van der Waals surface area contributed by atoms with Gasteiger partial charge in [-0.1, -0.05) is 13.8 Å². The van der Waals surface area contributed by atoms with Crippen LogP contribution in [0.25, 0.3) is 0 Å². The van der Waals surface area contributed by atoms with E-state index < -0.39 is 0 Å². The molecule has 16 heavy (non-hydrogen) atoms. The highest BCUT2D eigenvalue weighted by atomic mass is 16.5. The summed E-state index contributed by atoms with van der Waals surface area (Å²) in [4.78, 5) is 0. The predicted octanol–water partition coefficient (Wildman–Crippen LogP) is 2.58. The first-order chi connectivity index (χ1) is 7.83. The Morgan fingerprint density at radius 3 is 2.88 bits per heavy atom. The van der Waals surface area contributed by atoms with Gasteiger partial charge in [0.1, 0.15) is 0 Å². The largest absolute Gasteiger partial charge is 0.378 e. The molecule has 0 aromatic rings. The van der Waals surface area contributed by atoms with Crippen molar-refractivity contribution in [3.63, 3.8) is 0 Å². The summed E-state index contributed by atoms with van der Waals surface area (Å²) in [5, 5.41) is 3.63. The molecule has 0 aromatic carbocycles. The van der Waals surface area contributed by atoms with Gasteiger partial charge in [-0.3, -0.25) is 0 Å². The monoisotopic (exact) mass is 223 g/mol. The van der Waals surface area contributed by atoms with E-state index in [9.17, 15) is 0 Å². The van der Waals surface area contributed by atoms with Crippen molar-refractivity contribution >= 4 is 0 Å². The summed E-state index contributed by atoms with van der Waals surface area (Å²) in [6.45, 7) is 8.35. The van der Waals surface area contributed by atoms with Crippen LogP contribution in [0, 0.1) is 17.8 Å². The third-order valence-electron chi connectivity index (χ3n) is 3.34. The van der Waals surface area contributed by atoms with Crippen molar-refractivity contribution in [2.24, 2.45) is 5.92 Å². The second-order valence-electron chi connectivity index (χ2n) is 4.46. The highest BCUT2D eigenvalue weighted by Gasteiger charge is 2.32. The van der Waals surface area contributed by atoms with E-state index in [1.165, 1.54) is 12.8 Å². The first kappa shape index (κ1) is 13.5. The van der Waals surface area contributed by atoms with E-state index in [1.807, 2.05) is 6.92 Å². The fourth-order valence-corrected chi connectivity index (χ4v) is 2.46. The molecule has 1 rings (SSSR count). The van der Waals surface area contributed by atoms with Gasteiger partial charge in [0.05, 0.1) is 6.10 Å². The SMILES string of the molecule is CC#CCC(NCCC)C1CCOC1CC. The van der Waals surface area contributed by atoms with Gasteiger partial charge in [-0.15, -0.1) is 11.8 Å². The molecule has 0 radical (unpaired) electrons. The molecule has 1 fully saturated rings. The van der Waals surface area contributed by atoms with Crippen molar-refractivity contribution in [2.45, 2.75) is 58.6 Å². The summed E-state index contributed by atoms with van der Waals surface area (Å²) in [5.74, 6) is 6.86. The third-order valence-corrected chi connectivity index (χ3v) is 3.34. The van der Waals surface area contributed by atoms with Crippen LogP contribution in [0.2, 0.25) is 0 Å². The van der Waals surface area contributed by atoms with Gasteiger partial charge in [0.25, 0.3) is 0 Å². The van der Waals surface area contributed by atoms with Gasteiger partial charge < -0.3 is 10.1 Å². The zero-order valence-corrected chi connectivity index (χ0v) is 10.9. The minimum Gasteiger partial charge on any atom is -0.378 e. The summed E-state index contributed by atoms with van der Waals surface area (Å²) in [5.41, 5.74) is 0. The molecule has 0 aliphatic carbocycles. The Labute approximate surface area is 100 Å². The van der Waals surface area contributed by atoms with E-state index in [0.717, 1.165) is 26.0 Å². The third kappa shape index (κ3) is 3.81. The fraction of sp³-hybridized carbons (Fsp3) is 0.857. The molecule has 0 bridgehead atoms. The van der Waals surface area contributed by atoms with Crippen molar-refractivity contribution in [1.82, 2.24) is 5.32 Å². The molecule has 2 nitrogen and oxygen atoms in total. The molecule has 1 aliphatic rings. The molecule has 3 unspecified atom stereocenters. The summed E-state index contributed by atoms with van der Waals surface area (Å²) in [7, 11) is 0. The van der Waals surface area contributed by atoms with Gasteiger partial charge in [-0.05, 0) is 32.7 Å². The second-order valence-corrected chi connectivity index (χ2v) is 4.46. The van der Waals surface area contributed by atoms with Crippen molar-refractivity contribution in [1.29, 1.82) is 0 Å².